The van der Waals surface area contributed by atoms with Crippen LogP contribution in [0, 0.1) is 0 Å². The fourth-order valence-corrected chi connectivity index (χ4v) is 3.75. The smallest absolute Gasteiger partial charge is 0.291 e. The highest BCUT2D eigenvalue weighted by Gasteiger charge is 2.14. The maximum Gasteiger partial charge on any atom is 0.291 e. The molecule has 0 spiro atoms. The molecule has 0 bridgehead atoms. The van der Waals surface area contributed by atoms with Crippen molar-refractivity contribution >= 4 is 29.4 Å². The molecule has 0 fully saturated rings. The quantitative estimate of drug-likeness (QED) is 0.281. The van der Waals surface area contributed by atoms with Crippen LogP contribution in [0.25, 0.3) is 12.2 Å². The largest absolute Gasteiger partial charge is 0.497 e. The summed E-state index contributed by atoms with van der Waals surface area (Å²) in [7, 11) is 7.29. The number of nitrogens with zero attached hydrogens (tertiary/aromatic N) is 1. The number of nitrogens with one attached hydrogen (secondary N) is 1. The summed E-state index contributed by atoms with van der Waals surface area (Å²) < 4.78 is 16.5. The van der Waals surface area contributed by atoms with Gasteiger partial charge in [0.1, 0.15) is 17.3 Å². The van der Waals surface area contributed by atoms with Crippen LogP contribution >= 0.6 is 0 Å². The number of furan rings is 1. The third-order valence-corrected chi connectivity index (χ3v) is 5.78. The van der Waals surface area contributed by atoms with Crippen LogP contribution in [0.2, 0.25) is 0 Å². The molecule has 0 aliphatic rings. The summed E-state index contributed by atoms with van der Waals surface area (Å²) >= 11 is 0. The van der Waals surface area contributed by atoms with E-state index < -0.39 is 0 Å². The van der Waals surface area contributed by atoms with E-state index in [-0.39, 0.29) is 11.7 Å². The third kappa shape index (κ3) is 6.16. The highest BCUT2D eigenvalue weighted by molar-refractivity contribution is 6.02. The van der Waals surface area contributed by atoms with Crippen molar-refractivity contribution in [2.24, 2.45) is 0 Å². The third-order valence-electron chi connectivity index (χ3n) is 5.78. The summed E-state index contributed by atoms with van der Waals surface area (Å²) in [5, 5.41) is 2.89. The Labute approximate surface area is 211 Å². The highest BCUT2D eigenvalue weighted by Crippen LogP contribution is 2.27. The summed E-state index contributed by atoms with van der Waals surface area (Å²) in [5.74, 6) is 2.07. The Morgan fingerprint density at radius 3 is 2.14 bits per heavy atom. The van der Waals surface area contributed by atoms with Gasteiger partial charge in [-0.2, -0.15) is 0 Å². The number of carbonyl (C=O) groups excluding carboxylic acids is 1. The van der Waals surface area contributed by atoms with E-state index in [1.807, 2.05) is 62.6 Å². The summed E-state index contributed by atoms with van der Waals surface area (Å²) in [6, 6.07) is 25.1. The summed E-state index contributed by atoms with van der Waals surface area (Å²) in [4.78, 5) is 14.8. The molecule has 0 atom stereocenters. The first-order valence-corrected chi connectivity index (χ1v) is 11.6. The lowest BCUT2D eigenvalue weighted by molar-refractivity contribution is 0.0995. The number of methoxy groups -OCH3 is 2. The van der Waals surface area contributed by atoms with E-state index in [0.29, 0.717) is 17.9 Å². The number of benzene rings is 3. The van der Waals surface area contributed by atoms with Gasteiger partial charge < -0.3 is 24.1 Å². The molecule has 6 heteroatoms. The molecular formula is C30H30N2O4. The number of rotatable bonds is 9. The van der Waals surface area contributed by atoms with Crippen LogP contribution < -0.4 is 19.7 Å². The van der Waals surface area contributed by atoms with Gasteiger partial charge in [0.2, 0.25) is 0 Å². The number of amides is 1. The average Bonchev–Trinajstić information content (AvgIpc) is 3.37. The molecule has 0 aliphatic carbocycles. The van der Waals surface area contributed by atoms with Gasteiger partial charge >= 0.3 is 0 Å². The van der Waals surface area contributed by atoms with Crippen LogP contribution in [-0.4, -0.2) is 34.2 Å². The average molecular weight is 483 g/mol. The lowest BCUT2D eigenvalue weighted by Gasteiger charge is -2.11. The van der Waals surface area contributed by atoms with Crippen LogP contribution in [-0.2, 0) is 6.42 Å². The predicted molar refractivity (Wildman–Crippen MR) is 145 cm³/mol. The molecule has 1 N–H and O–H groups in total. The zero-order valence-corrected chi connectivity index (χ0v) is 20.9. The summed E-state index contributed by atoms with van der Waals surface area (Å²) in [6.07, 6.45) is 4.59. The van der Waals surface area contributed by atoms with Gasteiger partial charge in [-0.3, -0.25) is 4.79 Å². The van der Waals surface area contributed by atoms with Crippen LogP contribution in [0.15, 0.2) is 83.3 Å². The van der Waals surface area contributed by atoms with Crippen LogP contribution in [0.1, 0.15) is 33.0 Å². The summed E-state index contributed by atoms with van der Waals surface area (Å²) in [5.41, 5.74) is 4.93. The Bertz CT molecular complexity index is 1340. The van der Waals surface area contributed by atoms with E-state index >= 15 is 0 Å². The molecule has 0 radical (unpaired) electrons. The minimum atomic E-state index is -0.303. The molecule has 0 saturated heterocycles. The van der Waals surface area contributed by atoms with Crippen LogP contribution in [0.3, 0.4) is 0 Å². The molecule has 184 valence electrons. The molecule has 36 heavy (non-hydrogen) atoms. The van der Waals surface area contributed by atoms with Crippen molar-refractivity contribution in [3.05, 3.63) is 107 Å². The minimum absolute atomic E-state index is 0.247. The molecular weight excluding hydrogens is 452 g/mol. The zero-order chi connectivity index (χ0) is 25.5. The van der Waals surface area contributed by atoms with Gasteiger partial charge in [0.05, 0.1) is 14.2 Å². The summed E-state index contributed by atoms with van der Waals surface area (Å²) in [6.45, 7) is 0. The van der Waals surface area contributed by atoms with Crippen molar-refractivity contribution < 1.29 is 18.7 Å². The topological polar surface area (TPSA) is 63.9 Å². The second kappa shape index (κ2) is 11.3. The highest BCUT2D eigenvalue weighted by atomic mass is 16.5. The molecule has 1 aromatic heterocycles. The Balaban J connectivity index is 1.37. The molecule has 1 amide bonds. The van der Waals surface area contributed by atoms with E-state index in [0.717, 1.165) is 33.9 Å². The number of ether oxygens (including phenoxy) is 2. The fraction of sp³-hybridized carbons (Fsp3) is 0.167. The van der Waals surface area contributed by atoms with E-state index in [1.54, 1.807) is 26.4 Å². The van der Waals surface area contributed by atoms with E-state index in [4.69, 9.17) is 13.9 Å². The Morgan fingerprint density at radius 2 is 1.53 bits per heavy atom. The molecule has 1 heterocycles. The van der Waals surface area contributed by atoms with Gasteiger partial charge in [0.25, 0.3) is 5.91 Å². The second-order valence-corrected chi connectivity index (χ2v) is 8.52. The van der Waals surface area contributed by atoms with Crippen molar-refractivity contribution in [1.29, 1.82) is 0 Å². The van der Waals surface area contributed by atoms with Gasteiger partial charge in [-0.05, 0) is 65.7 Å². The van der Waals surface area contributed by atoms with Crippen molar-refractivity contribution in [2.75, 3.05) is 38.5 Å². The van der Waals surface area contributed by atoms with Crippen molar-refractivity contribution in [3.8, 4) is 11.5 Å². The van der Waals surface area contributed by atoms with E-state index in [2.05, 4.69) is 40.6 Å². The standard InChI is InChI=1S/C30H30N2O4/c1-32(2)25-13-9-22(10-14-25)6-5-21-7-11-24(12-8-21)31-30(33)29-18-16-27(36-29)20-23-19-26(34-3)15-17-28(23)35-4/h5-19H,20H2,1-4H3,(H,31,33). The number of hydrogen-bond donors (Lipinski definition) is 1. The number of anilines is 2. The second-order valence-electron chi connectivity index (χ2n) is 8.52. The first kappa shape index (κ1) is 24.7. The first-order valence-electron chi connectivity index (χ1n) is 11.6. The Morgan fingerprint density at radius 1 is 0.861 bits per heavy atom. The van der Waals surface area contributed by atoms with Gasteiger partial charge in [-0.25, -0.2) is 0 Å². The number of carbonyl (C=O) groups is 1. The van der Waals surface area contributed by atoms with Crippen molar-refractivity contribution in [1.82, 2.24) is 0 Å². The van der Waals surface area contributed by atoms with Crippen molar-refractivity contribution in [2.45, 2.75) is 6.42 Å². The molecule has 0 aliphatic heterocycles. The van der Waals surface area contributed by atoms with Crippen LogP contribution in [0.5, 0.6) is 11.5 Å². The zero-order valence-electron chi connectivity index (χ0n) is 20.9. The van der Waals surface area contributed by atoms with Gasteiger partial charge in [-0.1, -0.05) is 36.4 Å². The normalized spacial score (nSPS) is 10.9. The van der Waals surface area contributed by atoms with Gasteiger partial charge in [-0.15, -0.1) is 0 Å². The number of hydrogen-bond acceptors (Lipinski definition) is 5. The first-order chi connectivity index (χ1) is 17.4. The van der Waals surface area contributed by atoms with Gasteiger partial charge in [0, 0.05) is 37.5 Å². The van der Waals surface area contributed by atoms with Crippen molar-refractivity contribution in [3.63, 3.8) is 0 Å². The van der Waals surface area contributed by atoms with Gasteiger partial charge in [0.15, 0.2) is 5.76 Å². The molecule has 4 rings (SSSR count). The molecule has 3 aromatic carbocycles. The molecule has 4 aromatic rings. The monoisotopic (exact) mass is 482 g/mol. The molecule has 6 nitrogen and oxygen atoms in total. The maximum absolute atomic E-state index is 12.7. The van der Waals surface area contributed by atoms with E-state index in [9.17, 15) is 4.79 Å². The van der Waals surface area contributed by atoms with Crippen LogP contribution in [0.4, 0.5) is 11.4 Å². The fourth-order valence-electron chi connectivity index (χ4n) is 3.75. The minimum Gasteiger partial charge on any atom is -0.497 e. The Kier molecular flexibility index (Phi) is 7.75. The SMILES string of the molecule is COc1ccc(OC)c(Cc2ccc(C(=O)Nc3ccc(C=Cc4ccc(N(C)C)cc4)cc3)o2)c1. The maximum atomic E-state index is 12.7. The Hall–Kier alpha value is -4.45. The van der Waals surface area contributed by atoms with E-state index in [1.165, 1.54) is 0 Å². The molecule has 0 saturated carbocycles. The molecule has 0 unspecified atom stereocenters. The lowest BCUT2D eigenvalue weighted by Crippen LogP contribution is -2.10. The predicted octanol–water partition coefficient (Wildman–Crippen LogP) is 6.38. The lowest BCUT2D eigenvalue weighted by atomic mass is 10.1.